The summed E-state index contributed by atoms with van der Waals surface area (Å²) >= 11 is 3.32. The summed E-state index contributed by atoms with van der Waals surface area (Å²) in [4.78, 5) is 0.355. The first-order valence-electron chi connectivity index (χ1n) is 6.40. The molecule has 1 atom stereocenters. The molecule has 0 saturated heterocycles. The SMILES string of the molecule is Cc1ccc(Br)cc1S(=O)(=O)NCC1CC=CCC1. The Labute approximate surface area is 123 Å². The van der Waals surface area contributed by atoms with Crippen LogP contribution in [0.4, 0.5) is 0 Å². The summed E-state index contributed by atoms with van der Waals surface area (Å²) in [5, 5.41) is 0. The van der Waals surface area contributed by atoms with Crippen LogP contribution in [-0.4, -0.2) is 15.0 Å². The largest absolute Gasteiger partial charge is 0.240 e. The summed E-state index contributed by atoms with van der Waals surface area (Å²) in [7, 11) is -3.42. The van der Waals surface area contributed by atoms with Crippen LogP contribution in [0.3, 0.4) is 0 Å². The molecular weight excluding hydrogens is 326 g/mol. The molecule has 0 radical (unpaired) electrons. The first kappa shape index (κ1) is 14.8. The molecule has 0 aliphatic heterocycles. The lowest BCUT2D eigenvalue weighted by atomic mass is 9.95. The van der Waals surface area contributed by atoms with Gasteiger partial charge in [-0.25, -0.2) is 13.1 Å². The highest BCUT2D eigenvalue weighted by atomic mass is 79.9. The summed E-state index contributed by atoms with van der Waals surface area (Å²) in [6, 6.07) is 5.31. The smallest absolute Gasteiger partial charge is 0.211 e. The van der Waals surface area contributed by atoms with Crippen molar-refractivity contribution in [2.24, 2.45) is 5.92 Å². The Morgan fingerprint density at radius 3 is 2.84 bits per heavy atom. The molecule has 1 aliphatic carbocycles. The molecule has 0 spiro atoms. The van der Waals surface area contributed by atoms with Gasteiger partial charge in [0.05, 0.1) is 4.90 Å². The Hall–Kier alpha value is -0.650. The number of hydrogen-bond donors (Lipinski definition) is 1. The van der Waals surface area contributed by atoms with Gasteiger partial charge in [-0.15, -0.1) is 0 Å². The number of hydrogen-bond acceptors (Lipinski definition) is 2. The Morgan fingerprint density at radius 1 is 1.37 bits per heavy atom. The van der Waals surface area contributed by atoms with Crippen molar-refractivity contribution in [3.63, 3.8) is 0 Å². The van der Waals surface area contributed by atoms with Gasteiger partial charge < -0.3 is 0 Å². The molecule has 0 aromatic heterocycles. The van der Waals surface area contributed by atoms with Gasteiger partial charge in [-0.3, -0.25) is 0 Å². The van der Waals surface area contributed by atoms with E-state index < -0.39 is 10.0 Å². The summed E-state index contributed by atoms with van der Waals surface area (Å²) in [6.07, 6.45) is 7.34. The molecule has 1 aromatic carbocycles. The fourth-order valence-corrected chi connectivity index (χ4v) is 4.11. The summed E-state index contributed by atoms with van der Waals surface area (Å²) in [6.45, 7) is 2.32. The van der Waals surface area contributed by atoms with Crippen LogP contribution in [0, 0.1) is 12.8 Å². The third-order valence-corrected chi connectivity index (χ3v) is 5.44. The van der Waals surface area contributed by atoms with Gasteiger partial charge in [0, 0.05) is 11.0 Å². The van der Waals surface area contributed by atoms with E-state index in [1.54, 1.807) is 6.07 Å². The van der Waals surface area contributed by atoms with Crippen molar-refractivity contribution in [1.82, 2.24) is 4.72 Å². The van der Waals surface area contributed by atoms with Crippen molar-refractivity contribution in [2.75, 3.05) is 6.54 Å². The Morgan fingerprint density at radius 2 is 2.16 bits per heavy atom. The number of allylic oxidation sites excluding steroid dienone is 2. The maximum absolute atomic E-state index is 12.3. The number of sulfonamides is 1. The van der Waals surface area contributed by atoms with Gasteiger partial charge in [0.2, 0.25) is 10.0 Å². The lowest BCUT2D eigenvalue weighted by Crippen LogP contribution is -2.30. The second-order valence-corrected chi connectivity index (χ2v) is 7.56. The normalized spacial score (nSPS) is 19.6. The van der Waals surface area contributed by atoms with E-state index in [0.717, 1.165) is 29.3 Å². The van der Waals surface area contributed by atoms with Crippen LogP contribution in [-0.2, 0) is 10.0 Å². The summed E-state index contributed by atoms with van der Waals surface area (Å²) in [5.74, 6) is 0.409. The monoisotopic (exact) mass is 343 g/mol. The van der Waals surface area contributed by atoms with Gasteiger partial charge in [0.15, 0.2) is 0 Å². The van der Waals surface area contributed by atoms with Crippen LogP contribution in [0.2, 0.25) is 0 Å². The lowest BCUT2D eigenvalue weighted by Gasteiger charge is -2.18. The predicted molar refractivity (Wildman–Crippen MR) is 80.5 cm³/mol. The Balaban J connectivity index is 2.09. The molecule has 1 unspecified atom stereocenters. The predicted octanol–water partition coefficient (Wildman–Crippen LogP) is 3.39. The molecule has 3 nitrogen and oxygen atoms in total. The molecule has 19 heavy (non-hydrogen) atoms. The molecule has 0 amide bonds. The molecular formula is C14H18BrNO2S. The van der Waals surface area contributed by atoms with Crippen LogP contribution in [0.15, 0.2) is 39.7 Å². The molecule has 0 saturated carbocycles. The zero-order chi connectivity index (χ0) is 13.9. The molecule has 104 valence electrons. The van der Waals surface area contributed by atoms with Crippen molar-refractivity contribution in [3.05, 3.63) is 40.4 Å². The standard InChI is InChI=1S/C14H18BrNO2S/c1-11-7-8-13(15)9-14(11)19(17,18)16-10-12-5-3-2-4-6-12/h2-3,7-9,12,16H,4-6,10H2,1H3. The van der Waals surface area contributed by atoms with Crippen LogP contribution in [0.25, 0.3) is 0 Å². The molecule has 1 N–H and O–H groups in total. The van der Waals surface area contributed by atoms with E-state index >= 15 is 0 Å². The van der Waals surface area contributed by atoms with E-state index in [4.69, 9.17) is 0 Å². The van der Waals surface area contributed by atoms with Gasteiger partial charge in [-0.2, -0.15) is 0 Å². The molecule has 1 aromatic rings. The van der Waals surface area contributed by atoms with Crippen molar-refractivity contribution in [1.29, 1.82) is 0 Å². The summed E-state index contributed by atoms with van der Waals surface area (Å²) in [5.41, 5.74) is 0.763. The highest BCUT2D eigenvalue weighted by Crippen LogP contribution is 2.22. The fraction of sp³-hybridized carbons (Fsp3) is 0.429. The fourth-order valence-electron chi connectivity index (χ4n) is 2.21. The highest BCUT2D eigenvalue weighted by Gasteiger charge is 2.19. The maximum atomic E-state index is 12.3. The minimum atomic E-state index is -3.42. The topological polar surface area (TPSA) is 46.2 Å². The summed E-state index contributed by atoms with van der Waals surface area (Å²) < 4.78 is 28.1. The van der Waals surface area contributed by atoms with Crippen molar-refractivity contribution >= 4 is 26.0 Å². The quantitative estimate of drug-likeness (QED) is 0.851. The minimum Gasteiger partial charge on any atom is -0.211 e. The second-order valence-electron chi connectivity index (χ2n) is 4.91. The highest BCUT2D eigenvalue weighted by molar-refractivity contribution is 9.10. The third-order valence-electron chi connectivity index (χ3n) is 3.38. The zero-order valence-electron chi connectivity index (χ0n) is 10.9. The average molecular weight is 344 g/mol. The third kappa shape index (κ3) is 3.91. The van der Waals surface area contributed by atoms with E-state index in [0.29, 0.717) is 17.4 Å². The van der Waals surface area contributed by atoms with Gasteiger partial charge in [-0.1, -0.05) is 34.1 Å². The number of nitrogens with one attached hydrogen (secondary N) is 1. The second kappa shape index (κ2) is 6.20. The van der Waals surface area contributed by atoms with Crippen LogP contribution >= 0.6 is 15.9 Å². The molecule has 5 heteroatoms. The van der Waals surface area contributed by atoms with Crippen LogP contribution in [0.1, 0.15) is 24.8 Å². The van der Waals surface area contributed by atoms with Crippen molar-refractivity contribution < 1.29 is 8.42 Å². The first-order valence-corrected chi connectivity index (χ1v) is 8.67. The van der Waals surface area contributed by atoms with E-state index in [1.165, 1.54) is 0 Å². The van der Waals surface area contributed by atoms with Gasteiger partial charge in [-0.05, 0) is 49.8 Å². The van der Waals surface area contributed by atoms with E-state index in [2.05, 4.69) is 32.8 Å². The Kier molecular flexibility index (Phi) is 4.81. The van der Waals surface area contributed by atoms with Crippen LogP contribution < -0.4 is 4.72 Å². The van der Waals surface area contributed by atoms with Gasteiger partial charge in [0.25, 0.3) is 0 Å². The Bertz CT molecular complexity index is 581. The molecule has 2 rings (SSSR count). The number of rotatable bonds is 4. The maximum Gasteiger partial charge on any atom is 0.240 e. The molecule has 1 aliphatic rings. The lowest BCUT2D eigenvalue weighted by molar-refractivity contribution is 0.468. The van der Waals surface area contributed by atoms with E-state index in [-0.39, 0.29) is 0 Å². The first-order chi connectivity index (χ1) is 8.99. The molecule has 0 heterocycles. The number of benzene rings is 1. The van der Waals surface area contributed by atoms with Gasteiger partial charge >= 0.3 is 0 Å². The van der Waals surface area contributed by atoms with Crippen LogP contribution in [0.5, 0.6) is 0 Å². The molecule has 0 bridgehead atoms. The average Bonchev–Trinajstić information content (AvgIpc) is 2.40. The number of halogens is 1. The van der Waals surface area contributed by atoms with Crippen molar-refractivity contribution in [3.8, 4) is 0 Å². The molecule has 0 fully saturated rings. The van der Waals surface area contributed by atoms with E-state index in [9.17, 15) is 8.42 Å². The zero-order valence-corrected chi connectivity index (χ0v) is 13.3. The van der Waals surface area contributed by atoms with E-state index in [1.807, 2.05) is 19.1 Å². The van der Waals surface area contributed by atoms with Gasteiger partial charge in [0.1, 0.15) is 0 Å². The number of aryl methyl sites for hydroxylation is 1. The van der Waals surface area contributed by atoms with Crippen molar-refractivity contribution in [2.45, 2.75) is 31.1 Å². The minimum absolute atomic E-state index is 0.355.